The number of rotatable bonds is 0. The molecule has 1 heterocycles. The number of hydrogen-bond donors (Lipinski definition) is 1. The maximum absolute atomic E-state index is 5.50. The fourth-order valence-corrected chi connectivity index (χ4v) is 1.36. The highest BCUT2D eigenvalue weighted by Gasteiger charge is 2.00. The minimum atomic E-state index is 0.357. The first-order valence-electron chi connectivity index (χ1n) is 4.49. The summed E-state index contributed by atoms with van der Waals surface area (Å²) in [7, 11) is 0. The van der Waals surface area contributed by atoms with Gasteiger partial charge in [-0.1, -0.05) is 17.6 Å². The predicted molar refractivity (Wildman–Crippen MR) is 56.9 cm³/mol. The van der Waals surface area contributed by atoms with Crippen molar-refractivity contribution in [2.75, 3.05) is 6.54 Å². The van der Waals surface area contributed by atoms with Gasteiger partial charge in [0, 0.05) is 11.5 Å². The number of fused-ring (bicyclic) bond motifs is 1. The Morgan fingerprint density at radius 2 is 2.21 bits per heavy atom. The zero-order valence-corrected chi connectivity index (χ0v) is 8.00. The topological polar surface area (TPSA) is 39.2 Å². The molecule has 0 aliphatic heterocycles. The smallest absolute Gasteiger partial charge is 0.178 e. The van der Waals surface area contributed by atoms with Crippen molar-refractivity contribution in [1.82, 2.24) is 0 Å². The summed E-state index contributed by atoms with van der Waals surface area (Å²) in [5, 5.41) is 1.09. The molecule has 0 aliphatic rings. The summed E-state index contributed by atoms with van der Waals surface area (Å²) in [4.78, 5) is 0. The van der Waals surface area contributed by atoms with E-state index in [1.54, 1.807) is 0 Å². The maximum atomic E-state index is 5.50. The van der Waals surface area contributed by atoms with Crippen molar-refractivity contribution in [1.29, 1.82) is 0 Å². The first kappa shape index (κ1) is 8.86. The van der Waals surface area contributed by atoms with E-state index < -0.39 is 0 Å². The van der Waals surface area contributed by atoms with Gasteiger partial charge in [-0.25, -0.2) is 0 Å². The van der Waals surface area contributed by atoms with Crippen LogP contribution in [0, 0.1) is 18.8 Å². The minimum Gasteiger partial charge on any atom is -0.448 e. The molecule has 0 saturated carbocycles. The molecule has 0 radical (unpaired) electrons. The molecule has 0 bridgehead atoms. The van der Waals surface area contributed by atoms with Crippen LogP contribution >= 0.6 is 0 Å². The number of nitrogens with two attached hydrogens (primary N) is 1. The molecule has 2 rings (SSSR count). The van der Waals surface area contributed by atoms with Gasteiger partial charge in [0.2, 0.25) is 0 Å². The zero-order chi connectivity index (χ0) is 9.97. The predicted octanol–water partition coefficient (Wildman–Crippen LogP) is 2.05. The van der Waals surface area contributed by atoms with Crippen LogP contribution in [0.15, 0.2) is 28.7 Å². The van der Waals surface area contributed by atoms with Crippen LogP contribution in [-0.4, -0.2) is 6.54 Å². The molecule has 0 spiro atoms. The largest absolute Gasteiger partial charge is 0.448 e. The summed E-state index contributed by atoms with van der Waals surface area (Å²) >= 11 is 0. The van der Waals surface area contributed by atoms with Gasteiger partial charge in [0.05, 0.1) is 6.54 Å². The van der Waals surface area contributed by atoms with Gasteiger partial charge in [-0.05, 0) is 25.0 Å². The van der Waals surface area contributed by atoms with Gasteiger partial charge in [0.25, 0.3) is 0 Å². The standard InChI is InChI=1S/C12H11NO/c1-9-4-5-12-10(7-9)8-11(14-12)3-2-6-13/h4-5,7-8H,6,13H2,1H3. The molecule has 0 unspecified atom stereocenters. The summed E-state index contributed by atoms with van der Waals surface area (Å²) in [5.41, 5.74) is 7.37. The van der Waals surface area contributed by atoms with Crippen LogP contribution in [0.25, 0.3) is 11.0 Å². The van der Waals surface area contributed by atoms with Crippen molar-refractivity contribution in [2.24, 2.45) is 5.73 Å². The van der Waals surface area contributed by atoms with E-state index in [4.69, 9.17) is 10.2 Å². The first-order valence-corrected chi connectivity index (χ1v) is 4.49. The SMILES string of the molecule is Cc1ccc2oc(C#CCN)cc2c1. The van der Waals surface area contributed by atoms with Gasteiger partial charge < -0.3 is 10.2 Å². The molecule has 1 aromatic carbocycles. The number of aryl methyl sites for hydroxylation is 1. The lowest BCUT2D eigenvalue weighted by molar-refractivity contribution is 0.601. The van der Waals surface area contributed by atoms with Crippen molar-refractivity contribution in [3.05, 3.63) is 35.6 Å². The summed E-state index contributed by atoms with van der Waals surface area (Å²) in [6, 6.07) is 7.99. The van der Waals surface area contributed by atoms with E-state index in [2.05, 4.69) is 24.8 Å². The van der Waals surface area contributed by atoms with E-state index >= 15 is 0 Å². The third-order valence-corrected chi connectivity index (χ3v) is 1.99. The van der Waals surface area contributed by atoms with E-state index in [1.165, 1.54) is 5.56 Å². The molecule has 0 fully saturated rings. The molecule has 0 atom stereocenters. The lowest BCUT2D eigenvalue weighted by Crippen LogP contribution is -1.92. The molecule has 2 N–H and O–H groups in total. The van der Waals surface area contributed by atoms with Gasteiger partial charge >= 0.3 is 0 Å². The highest BCUT2D eigenvalue weighted by molar-refractivity contribution is 5.79. The number of benzene rings is 1. The summed E-state index contributed by atoms with van der Waals surface area (Å²) in [5.74, 6) is 6.31. The second-order valence-corrected chi connectivity index (χ2v) is 3.16. The van der Waals surface area contributed by atoms with E-state index in [0.29, 0.717) is 12.3 Å². The lowest BCUT2D eigenvalue weighted by atomic mass is 10.2. The first-order chi connectivity index (χ1) is 6.79. The normalized spacial score (nSPS) is 9.86. The van der Waals surface area contributed by atoms with Crippen LogP contribution in [0.5, 0.6) is 0 Å². The number of hydrogen-bond acceptors (Lipinski definition) is 2. The highest BCUT2D eigenvalue weighted by Crippen LogP contribution is 2.19. The molecular formula is C12H11NO. The van der Waals surface area contributed by atoms with Gasteiger partial charge in [0.15, 0.2) is 5.76 Å². The Kier molecular flexibility index (Phi) is 2.26. The summed E-state index contributed by atoms with van der Waals surface area (Å²) < 4.78 is 5.50. The van der Waals surface area contributed by atoms with Crippen molar-refractivity contribution in [3.63, 3.8) is 0 Å². The molecule has 2 aromatic rings. The molecule has 0 saturated heterocycles. The second-order valence-electron chi connectivity index (χ2n) is 3.16. The molecule has 0 aliphatic carbocycles. The monoisotopic (exact) mass is 185 g/mol. The van der Waals surface area contributed by atoms with Gasteiger partial charge in [-0.15, -0.1) is 0 Å². The molecule has 70 valence electrons. The quantitative estimate of drug-likeness (QED) is 0.638. The molecular weight excluding hydrogens is 174 g/mol. The molecule has 14 heavy (non-hydrogen) atoms. The Balaban J connectivity index is 2.51. The summed E-state index contributed by atoms with van der Waals surface area (Å²) in [6.45, 7) is 2.41. The van der Waals surface area contributed by atoms with Crippen LogP contribution in [0.2, 0.25) is 0 Å². The van der Waals surface area contributed by atoms with Gasteiger partial charge in [-0.3, -0.25) is 0 Å². The highest BCUT2D eigenvalue weighted by atomic mass is 16.3. The van der Waals surface area contributed by atoms with E-state index in [0.717, 1.165) is 11.0 Å². The molecule has 0 amide bonds. The van der Waals surface area contributed by atoms with Crippen LogP contribution in [0.3, 0.4) is 0 Å². The van der Waals surface area contributed by atoms with Gasteiger partial charge in [-0.2, -0.15) is 0 Å². The van der Waals surface area contributed by atoms with Crippen LogP contribution in [0.1, 0.15) is 11.3 Å². The maximum Gasteiger partial charge on any atom is 0.178 e. The van der Waals surface area contributed by atoms with Crippen molar-refractivity contribution < 1.29 is 4.42 Å². The Bertz CT molecular complexity index is 514. The van der Waals surface area contributed by atoms with Crippen molar-refractivity contribution in [3.8, 4) is 11.8 Å². The number of furan rings is 1. The van der Waals surface area contributed by atoms with Crippen molar-refractivity contribution >= 4 is 11.0 Å². The van der Waals surface area contributed by atoms with E-state index in [-0.39, 0.29) is 0 Å². The average molecular weight is 185 g/mol. The van der Waals surface area contributed by atoms with Crippen LogP contribution < -0.4 is 5.73 Å². The molecule has 2 nitrogen and oxygen atoms in total. The summed E-state index contributed by atoms with van der Waals surface area (Å²) in [6.07, 6.45) is 0. The Morgan fingerprint density at radius 1 is 1.36 bits per heavy atom. The Morgan fingerprint density at radius 3 is 3.00 bits per heavy atom. The fraction of sp³-hybridized carbons (Fsp3) is 0.167. The minimum absolute atomic E-state index is 0.357. The second kappa shape index (κ2) is 3.57. The molecule has 2 heteroatoms. The molecule has 1 aromatic heterocycles. The Labute approximate surface area is 82.7 Å². The van der Waals surface area contributed by atoms with E-state index in [1.807, 2.05) is 18.2 Å². The zero-order valence-electron chi connectivity index (χ0n) is 8.00. The third kappa shape index (κ3) is 1.63. The average Bonchev–Trinajstić information content (AvgIpc) is 2.56. The van der Waals surface area contributed by atoms with E-state index in [9.17, 15) is 0 Å². The van der Waals surface area contributed by atoms with Crippen molar-refractivity contribution in [2.45, 2.75) is 6.92 Å². The van der Waals surface area contributed by atoms with Crippen LogP contribution in [-0.2, 0) is 0 Å². The Hall–Kier alpha value is -1.72. The van der Waals surface area contributed by atoms with Crippen LogP contribution in [0.4, 0.5) is 0 Å². The lowest BCUT2D eigenvalue weighted by Gasteiger charge is -1.89. The van der Waals surface area contributed by atoms with Gasteiger partial charge in [0.1, 0.15) is 5.58 Å². The fourth-order valence-electron chi connectivity index (χ4n) is 1.36. The third-order valence-electron chi connectivity index (χ3n) is 1.99.